The van der Waals surface area contributed by atoms with Crippen LogP contribution < -0.4 is 11.3 Å². The Hall–Kier alpha value is -1.11. The van der Waals surface area contributed by atoms with E-state index in [1.54, 1.807) is 0 Å². The number of hydrogen-bond acceptors (Lipinski definition) is 5. The largest absolute Gasteiger partial charge is 0.394 e. The van der Waals surface area contributed by atoms with E-state index >= 15 is 0 Å². The molecule has 0 bridgehead atoms. The lowest BCUT2D eigenvalue weighted by atomic mass is 10.5. The molecule has 1 heterocycles. The highest BCUT2D eigenvalue weighted by Crippen LogP contribution is 2.07. The first-order valence-corrected chi connectivity index (χ1v) is 4.73. The van der Waals surface area contributed by atoms with E-state index in [2.05, 4.69) is 4.98 Å². The SMILES string of the molecule is Nc1c(Cl)ncn(CCOCCO)c1=O. The fourth-order valence-corrected chi connectivity index (χ4v) is 1.10. The van der Waals surface area contributed by atoms with Gasteiger partial charge in [0.15, 0.2) is 5.15 Å². The first-order valence-electron chi connectivity index (χ1n) is 4.36. The summed E-state index contributed by atoms with van der Waals surface area (Å²) in [5, 5.41) is 8.46. The zero-order valence-corrected chi connectivity index (χ0v) is 8.78. The third-order valence-corrected chi connectivity index (χ3v) is 2.04. The standard InChI is InChI=1S/C8H12ClN3O3/c9-7-6(10)8(14)12(5-11-7)1-3-15-4-2-13/h5,13H,1-4,10H2. The minimum Gasteiger partial charge on any atom is -0.394 e. The third-order valence-electron chi connectivity index (χ3n) is 1.74. The molecule has 0 saturated carbocycles. The van der Waals surface area contributed by atoms with Crippen LogP contribution in [-0.4, -0.2) is 34.5 Å². The molecule has 6 nitrogen and oxygen atoms in total. The highest BCUT2D eigenvalue weighted by molar-refractivity contribution is 6.31. The minimum absolute atomic E-state index is 0.00697. The van der Waals surface area contributed by atoms with Crippen LogP contribution in [0.3, 0.4) is 0 Å². The second-order valence-corrected chi connectivity index (χ2v) is 3.14. The molecule has 0 aliphatic heterocycles. The number of rotatable bonds is 5. The number of hydrogen-bond donors (Lipinski definition) is 2. The maximum atomic E-state index is 11.5. The van der Waals surface area contributed by atoms with Gasteiger partial charge in [-0.15, -0.1) is 0 Å². The number of halogens is 1. The second-order valence-electron chi connectivity index (χ2n) is 2.78. The van der Waals surface area contributed by atoms with Crippen molar-refractivity contribution in [2.75, 3.05) is 25.6 Å². The molecule has 0 radical (unpaired) electrons. The number of aliphatic hydroxyl groups is 1. The highest BCUT2D eigenvalue weighted by Gasteiger charge is 2.05. The monoisotopic (exact) mass is 233 g/mol. The van der Waals surface area contributed by atoms with E-state index in [4.69, 9.17) is 27.2 Å². The Morgan fingerprint density at radius 1 is 1.60 bits per heavy atom. The summed E-state index contributed by atoms with van der Waals surface area (Å²) in [5.74, 6) is 0. The average molecular weight is 234 g/mol. The van der Waals surface area contributed by atoms with Crippen molar-refractivity contribution >= 4 is 17.3 Å². The number of aliphatic hydroxyl groups excluding tert-OH is 1. The Kier molecular flexibility index (Phi) is 4.54. The highest BCUT2D eigenvalue weighted by atomic mass is 35.5. The van der Waals surface area contributed by atoms with Gasteiger partial charge in [-0.05, 0) is 0 Å². The first kappa shape index (κ1) is 12.0. The maximum Gasteiger partial charge on any atom is 0.278 e. The van der Waals surface area contributed by atoms with Crippen LogP contribution in [0.1, 0.15) is 0 Å². The van der Waals surface area contributed by atoms with Crippen LogP contribution in [0, 0.1) is 0 Å². The van der Waals surface area contributed by atoms with Gasteiger partial charge in [-0.1, -0.05) is 11.6 Å². The van der Waals surface area contributed by atoms with Crippen molar-refractivity contribution < 1.29 is 9.84 Å². The first-order chi connectivity index (χ1) is 7.16. The summed E-state index contributed by atoms with van der Waals surface area (Å²) >= 11 is 5.56. The van der Waals surface area contributed by atoms with E-state index in [1.165, 1.54) is 10.9 Å². The van der Waals surface area contributed by atoms with E-state index in [9.17, 15) is 4.79 Å². The summed E-state index contributed by atoms with van der Waals surface area (Å²) in [7, 11) is 0. The normalized spacial score (nSPS) is 10.5. The van der Waals surface area contributed by atoms with E-state index in [1.807, 2.05) is 0 Å². The maximum absolute atomic E-state index is 11.5. The molecule has 1 aromatic heterocycles. The molecule has 0 amide bonds. The number of nitrogen functional groups attached to an aromatic ring is 1. The summed E-state index contributed by atoms with van der Waals surface area (Å²) in [6, 6.07) is 0. The van der Waals surface area contributed by atoms with Gasteiger partial charge in [0, 0.05) is 0 Å². The molecule has 0 aliphatic rings. The molecule has 1 aromatic rings. The second kappa shape index (κ2) is 5.69. The van der Waals surface area contributed by atoms with Crippen LogP contribution in [0.2, 0.25) is 5.15 Å². The predicted octanol–water partition coefficient (Wildman–Crippen LogP) is -0.512. The van der Waals surface area contributed by atoms with E-state index in [-0.39, 0.29) is 29.6 Å². The fourth-order valence-electron chi connectivity index (χ4n) is 0.974. The summed E-state index contributed by atoms with van der Waals surface area (Å²) in [4.78, 5) is 15.2. The molecule has 15 heavy (non-hydrogen) atoms. The topological polar surface area (TPSA) is 90.4 Å². The van der Waals surface area contributed by atoms with E-state index in [0.29, 0.717) is 13.2 Å². The molecule has 1 rings (SSSR count). The Labute approximate surface area is 91.3 Å². The van der Waals surface area contributed by atoms with Crippen molar-refractivity contribution in [3.05, 3.63) is 21.8 Å². The molecule has 84 valence electrons. The Bertz CT molecular complexity index is 380. The van der Waals surface area contributed by atoms with Gasteiger partial charge in [0.2, 0.25) is 0 Å². The summed E-state index contributed by atoms with van der Waals surface area (Å²) < 4.78 is 6.30. The molecule has 0 saturated heterocycles. The van der Waals surface area contributed by atoms with Crippen molar-refractivity contribution in [3.8, 4) is 0 Å². The lowest BCUT2D eigenvalue weighted by Crippen LogP contribution is -2.25. The number of ether oxygens (including phenoxy) is 1. The number of aromatic nitrogens is 2. The lowest BCUT2D eigenvalue weighted by molar-refractivity contribution is 0.0864. The van der Waals surface area contributed by atoms with Crippen LogP contribution in [0.25, 0.3) is 0 Å². The summed E-state index contributed by atoms with van der Waals surface area (Å²) in [6.45, 7) is 0.831. The number of anilines is 1. The summed E-state index contributed by atoms with van der Waals surface area (Å²) in [6.07, 6.45) is 1.31. The van der Waals surface area contributed by atoms with Crippen molar-refractivity contribution in [2.45, 2.75) is 6.54 Å². The zero-order chi connectivity index (χ0) is 11.3. The Balaban J connectivity index is 2.63. The Morgan fingerprint density at radius 2 is 2.33 bits per heavy atom. The smallest absolute Gasteiger partial charge is 0.278 e. The van der Waals surface area contributed by atoms with Crippen molar-refractivity contribution in [2.24, 2.45) is 0 Å². The summed E-state index contributed by atoms with van der Waals surface area (Å²) in [5.41, 5.74) is 4.95. The molecule has 7 heteroatoms. The van der Waals surface area contributed by atoms with Crippen LogP contribution in [0.4, 0.5) is 5.69 Å². The van der Waals surface area contributed by atoms with E-state index < -0.39 is 0 Å². The van der Waals surface area contributed by atoms with Gasteiger partial charge < -0.3 is 15.6 Å². The van der Waals surface area contributed by atoms with Crippen molar-refractivity contribution in [1.29, 1.82) is 0 Å². The molecule has 0 aromatic carbocycles. The fraction of sp³-hybridized carbons (Fsp3) is 0.500. The van der Waals surface area contributed by atoms with Crippen molar-refractivity contribution in [3.63, 3.8) is 0 Å². The van der Waals surface area contributed by atoms with Gasteiger partial charge >= 0.3 is 0 Å². The van der Waals surface area contributed by atoms with Crippen molar-refractivity contribution in [1.82, 2.24) is 9.55 Å². The average Bonchev–Trinajstić information content (AvgIpc) is 2.24. The number of nitrogens with two attached hydrogens (primary N) is 1. The minimum atomic E-state index is -0.386. The van der Waals surface area contributed by atoms with Crippen LogP contribution in [-0.2, 0) is 11.3 Å². The number of nitrogens with zero attached hydrogens (tertiary/aromatic N) is 2. The predicted molar refractivity (Wildman–Crippen MR) is 55.8 cm³/mol. The molecule has 0 unspecified atom stereocenters. The van der Waals surface area contributed by atoms with Gasteiger partial charge in [-0.3, -0.25) is 9.36 Å². The van der Waals surface area contributed by atoms with Gasteiger partial charge in [-0.2, -0.15) is 0 Å². The quantitative estimate of drug-likeness (QED) is 0.528. The van der Waals surface area contributed by atoms with Gasteiger partial charge in [0.1, 0.15) is 5.69 Å². The van der Waals surface area contributed by atoms with Gasteiger partial charge in [0.25, 0.3) is 5.56 Å². The van der Waals surface area contributed by atoms with E-state index in [0.717, 1.165) is 0 Å². The van der Waals surface area contributed by atoms with Crippen LogP contribution in [0.15, 0.2) is 11.1 Å². The van der Waals surface area contributed by atoms with Crippen LogP contribution >= 0.6 is 11.6 Å². The molecule has 0 aliphatic carbocycles. The molecular formula is C8H12ClN3O3. The molecule has 0 fully saturated rings. The van der Waals surface area contributed by atoms with Gasteiger partial charge in [-0.25, -0.2) is 4.98 Å². The molecule has 3 N–H and O–H groups in total. The van der Waals surface area contributed by atoms with Gasteiger partial charge in [0.05, 0.1) is 32.7 Å². The third kappa shape index (κ3) is 3.19. The Morgan fingerprint density at radius 3 is 3.00 bits per heavy atom. The molecule has 0 spiro atoms. The van der Waals surface area contributed by atoms with Crippen LogP contribution in [0.5, 0.6) is 0 Å². The molecule has 0 atom stereocenters. The zero-order valence-electron chi connectivity index (χ0n) is 8.02. The molecular weight excluding hydrogens is 222 g/mol. The lowest BCUT2D eigenvalue weighted by Gasteiger charge is -2.06.